The summed E-state index contributed by atoms with van der Waals surface area (Å²) in [6.07, 6.45) is -3.09. The van der Waals surface area contributed by atoms with E-state index in [1.54, 1.807) is 13.2 Å². The quantitative estimate of drug-likeness (QED) is 0.661. The molecule has 124 valence electrons. The maximum Gasteiger partial charge on any atom is 0.422 e. The Balaban J connectivity index is 2.35. The largest absolute Gasteiger partial charge is 0.468 e. The highest BCUT2D eigenvalue weighted by atomic mass is 19.4. The van der Waals surface area contributed by atoms with Crippen molar-refractivity contribution in [2.45, 2.75) is 12.7 Å². The Labute approximate surface area is 126 Å². The van der Waals surface area contributed by atoms with Crippen LogP contribution in [0.2, 0.25) is 0 Å². The lowest BCUT2D eigenvalue weighted by molar-refractivity contribution is -0.154. The fourth-order valence-electron chi connectivity index (χ4n) is 1.43. The summed E-state index contributed by atoms with van der Waals surface area (Å²) >= 11 is 0. The van der Waals surface area contributed by atoms with Crippen molar-refractivity contribution in [3.63, 3.8) is 0 Å². The van der Waals surface area contributed by atoms with Gasteiger partial charge in [-0.05, 0) is 11.6 Å². The van der Waals surface area contributed by atoms with E-state index in [4.69, 9.17) is 4.74 Å². The molecule has 1 aromatic heterocycles. The van der Waals surface area contributed by atoms with Crippen LogP contribution >= 0.6 is 0 Å². The molecule has 0 aromatic carbocycles. The van der Waals surface area contributed by atoms with Gasteiger partial charge in [-0.25, -0.2) is 4.98 Å². The van der Waals surface area contributed by atoms with E-state index in [0.29, 0.717) is 18.7 Å². The van der Waals surface area contributed by atoms with E-state index in [-0.39, 0.29) is 24.9 Å². The zero-order valence-electron chi connectivity index (χ0n) is 12.1. The lowest BCUT2D eigenvalue weighted by atomic mass is 10.2. The number of amides is 1. The molecule has 1 rings (SSSR count). The van der Waals surface area contributed by atoms with E-state index in [1.165, 1.54) is 12.3 Å². The van der Waals surface area contributed by atoms with Crippen LogP contribution in [0.5, 0.6) is 5.88 Å². The molecule has 0 aliphatic heterocycles. The summed E-state index contributed by atoms with van der Waals surface area (Å²) in [6.45, 7) is -0.0487. The van der Waals surface area contributed by atoms with Gasteiger partial charge in [-0.3, -0.25) is 4.79 Å². The molecule has 1 heterocycles. The van der Waals surface area contributed by atoms with Gasteiger partial charge in [0.15, 0.2) is 6.61 Å². The lowest BCUT2D eigenvalue weighted by Gasteiger charge is -2.10. The highest BCUT2D eigenvalue weighted by molar-refractivity contribution is 5.77. The molecule has 0 unspecified atom stereocenters. The molecule has 22 heavy (non-hydrogen) atoms. The molecule has 0 atom stereocenters. The van der Waals surface area contributed by atoms with Crippen molar-refractivity contribution in [1.29, 1.82) is 0 Å². The third-order valence-corrected chi connectivity index (χ3v) is 2.44. The standard InChI is InChI=1S/C13H18F3N3O3/c1-21-5-4-17-8-11(20)19-7-10-2-3-18-12(6-10)22-9-13(14,15)16/h2-3,6,17H,4-5,7-9H2,1H3,(H,19,20). The van der Waals surface area contributed by atoms with Crippen LogP contribution in [0.15, 0.2) is 18.3 Å². The summed E-state index contributed by atoms with van der Waals surface area (Å²) in [5.41, 5.74) is 0.595. The van der Waals surface area contributed by atoms with E-state index in [0.717, 1.165) is 0 Å². The number of pyridine rings is 1. The predicted octanol–water partition coefficient (Wildman–Crippen LogP) is 0.875. The van der Waals surface area contributed by atoms with Crippen LogP contribution < -0.4 is 15.4 Å². The predicted molar refractivity (Wildman–Crippen MR) is 72.4 cm³/mol. The van der Waals surface area contributed by atoms with Crippen LogP contribution in [0.1, 0.15) is 5.56 Å². The molecule has 2 N–H and O–H groups in total. The van der Waals surface area contributed by atoms with Gasteiger partial charge in [0.05, 0.1) is 13.2 Å². The van der Waals surface area contributed by atoms with Crippen molar-refractivity contribution in [2.75, 3.05) is 33.4 Å². The topological polar surface area (TPSA) is 72.5 Å². The van der Waals surface area contributed by atoms with E-state index in [1.807, 2.05) is 0 Å². The van der Waals surface area contributed by atoms with Gasteiger partial charge in [0, 0.05) is 32.5 Å². The monoisotopic (exact) mass is 321 g/mol. The number of halogens is 3. The third kappa shape index (κ3) is 8.42. The Bertz CT molecular complexity index is 469. The number of hydrogen-bond acceptors (Lipinski definition) is 5. The van der Waals surface area contributed by atoms with E-state index in [2.05, 4.69) is 20.4 Å². The average Bonchev–Trinajstić information content (AvgIpc) is 2.47. The summed E-state index contributed by atoms with van der Waals surface area (Å²) in [6, 6.07) is 2.93. The van der Waals surface area contributed by atoms with Crippen LogP contribution in [0, 0.1) is 0 Å². The van der Waals surface area contributed by atoms with Gasteiger partial charge >= 0.3 is 6.18 Å². The van der Waals surface area contributed by atoms with Crippen molar-refractivity contribution in [2.24, 2.45) is 0 Å². The van der Waals surface area contributed by atoms with Gasteiger partial charge in [0.25, 0.3) is 0 Å². The van der Waals surface area contributed by atoms with Gasteiger partial charge in [0.2, 0.25) is 11.8 Å². The molecule has 0 saturated heterocycles. The summed E-state index contributed by atoms with van der Waals surface area (Å²) in [7, 11) is 1.56. The number of rotatable bonds is 9. The molecule has 0 spiro atoms. The Kier molecular flexibility index (Phi) is 7.61. The van der Waals surface area contributed by atoms with Crippen molar-refractivity contribution < 1.29 is 27.4 Å². The highest BCUT2D eigenvalue weighted by Crippen LogP contribution is 2.17. The summed E-state index contributed by atoms with van der Waals surface area (Å²) in [4.78, 5) is 15.2. The molecular weight excluding hydrogens is 303 g/mol. The number of hydrogen-bond donors (Lipinski definition) is 2. The second-order valence-corrected chi connectivity index (χ2v) is 4.35. The molecule has 0 radical (unpaired) electrons. The first-order chi connectivity index (χ1) is 10.4. The fourth-order valence-corrected chi connectivity index (χ4v) is 1.43. The van der Waals surface area contributed by atoms with Gasteiger partial charge in [-0.2, -0.15) is 13.2 Å². The molecule has 1 aromatic rings. The molecule has 0 aliphatic rings. The molecule has 0 aliphatic carbocycles. The van der Waals surface area contributed by atoms with E-state index in [9.17, 15) is 18.0 Å². The van der Waals surface area contributed by atoms with Crippen LogP contribution in [0.4, 0.5) is 13.2 Å². The smallest absolute Gasteiger partial charge is 0.422 e. The molecule has 6 nitrogen and oxygen atoms in total. The van der Waals surface area contributed by atoms with Gasteiger partial charge in [-0.1, -0.05) is 0 Å². The number of alkyl halides is 3. The molecule has 9 heteroatoms. The fraction of sp³-hybridized carbons (Fsp3) is 0.538. The average molecular weight is 321 g/mol. The minimum Gasteiger partial charge on any atom is -0.468 e. The Morgan fingerprint density at radius 3 is 2.86 bits per heavy atom. The Hall–Kier alpha value is -1.87. The lowest BCUT2D eigenvalue weighted by Crippen LogP contribution is -2.34. The second-order valence-electron chi connectivity index (χ2n) is 4.35. The van der Waals surface area contributed by atoms with Crippen molar-refractivity contribution >= 4 is 5.91 Å². The van der Waals surface area contributed by atoms with Crippen LogP contribution in [-0.2, 0) is 16.1 Å². The number of aromatic nitrogens is 1. The normalized spacial score (nSPS) is 11.3. The van der Waals surface area contributed by atoms with Gasteiger partial charge in [-0.15, -0.1) is 0 Å². The van der Waals surface area contributed by atoms with Crippen molar-refractivity contribution in [1.82, 2.24) is 15.6 Å². The number of methoxy groups -OCH3 is 1. The van der Waals surface area contributed by atoms with Crippen molar-refractivity contribution in [3.8, 4) is 5.88 Å². The zero-order valence-corrected chi connectivity index (χ0v) is 12.1. The number of nitrogens with zero attached hydrogens (tertiary/aromatic N) is 1. The Morgan fingerprint density at radius 2 is 2.18 bits per heavy atom. The zero-order chi connectivity index (χ0) is 16.4. The molecule has 0 bridgehead atoms. The third-order valence-electron chi connectivity index (χ3n) is 2.44. The van der Waals surface area contributed by atoms with Gasteiger partial charge in [0.1, 0.15) is 0 Å². The van der Waals surface area contributed by atoms with Crippen LogP contribution in [0.3, 0.4) is 0 Å². The highest BCUT2D eigenvalue weighted by Gasteiger charge is 2.28. The SMILES string of the molecule is COCCNCC(=O)NCc1ccnc(OCC(F)(F)F)c1. The molecule has 0 fully saturated rings. The van der Waals surface area contributed by atoms with Crippen LogP contribution in [0.25, 0.3) is 0 Å². The summed E-state index contributed by atoms with van der Waals surface area (Å²) in [5, 5.41) is 5.50. The molecule has 0 saturated carbocycles. The van der Waals surface area contributed by atoms with E-state index >= 15 is 0 Å². The van der Waals surface area contributed by atoms with Gasteiger partial charge < -0.3 is 20.1 Å². The first kappa shape index (κ1) is 18.2. The number of carbonyl (C=O) groups excluding carboxylic acids is 1. The first-order valence-electron chi connectivity index (χ1n) is 6.51. The number of carbonyl (C=O) groups is 1. The minimum absolute atomic E-state index is 0.131. The first-order valence-corrected chi connectivity index (χ1v) is 6.51. The maximum absolute atomic E-state index is 12.0. The van der Waals surface area contributed by atoms with E-state index < -0.39 is 12.8 Å². The molecular formula is C13H18F3N3O3. The summed E-state index contributed by atoms with van der Waals surface area (Å²) in [5.74, 6) is -0.368. The summed E-state index contributed by atoms with van der Waals surface area (Å²) < 4.78 is 45.5. The minimum atomic E-state index is -4.42. The maximum atomic E-state index is 12.0. The second kappa shape index (κ2) is 9.21. The molecule has 1 amide bonds. The number of nitrogens with one attached hydrogen (secondary N) is 2. The van der Waals surface area contributed by atoms with Crippen molar-refractivity contribution in [3.05, 3.63) is 23.9 Å². The number of ether oxygens (including phenoxy) is 2. The Morgan fingerprint density at radius 1 is 1.41 bits per heavy atom. The van der Waals surface area contributed by atoms with Crippen LogP contribution in [-0.4, -0.2) is 50.5 Å².